The number of ether oxygens (including phenoxy) is 1. The lowest BCUT2D eigenvalue weighted by atomic mass is 9.98. The third-order valence-corrected chi connectivity index (χ3v) is 3.98. The summed E-state index contributed by atoms with van der Waals surface area (Å²) in [6, 6.07) is 7.59. The van der Waals surface area contributed by atoms with E-state index in [0.29, 0.717) is 18.2 Å². The molecule has 1 amide bonds. The standard InChI is InChI=1S/C13H15ClN2O2/c14-11-3-1-10(2-4-11)7-16-12(17)18-9-13(16)5-6-15-8-13/h1-4,15H,5-9H2. The van der Waals surface area contributed by atoms with Crippen molar-refractivity contribution in [2.24, 2.45) is 0 Å². The smallest absolute Gasteiger partial charge is 0.410 e. The van der Waals surface area contributed by atoms with E-state index in [2.05, 4.69) is 5.32 Å². The summed E-state index contributed by atoms with van der Waals surface area (Å²) in [6.07, 6.45) is 0.737. The van der Waals surface area contributed by atoms with Crippen LogP contribution in [0.3, 0.4) is 0 Å². The summed E-state index contributed by atoms with van der Waals surface area (Å²) in [4.78, 5) is 13.7. The van der Waals surface area contributed by atoms with Crippen LogP contribution >= 0.6 is 11.6 Å². The van der Waals surface area contributed by atoms with Crippen molar-refractivity contribution in [3.05, 3.63) is 34.9 Å². The normalized spacial score (nSPS) is 26.9. The molecule has 18 heavy (non-hydrogen) atoms. The molecule has 0 aromatic heterocycles. The molecule has 2 fully saturated rings. The van der Waals surface area contributed by atoms with Gasteiger partial charge in [-0.25, -0.2) is 4.79 Å². The van der Waals surface area contributed by atoms with Crippen LogP contribution in [0, 0.1) is 0 Å². The summed E-state index contributed by atoms with van der Waals surface area (Å²) in [5.41, 5.74) is 0.918. The van der Waals surface area contributed by atoms with Gasteiger partial charge < -0.3 is 10.1 Å². The van der Waals surface area contributed by atoms with E-state index in [9.17, 15) is 4.79 Å². The molecule has 0 saturated carbocycles. The zero-order valence-corrected chi connectivity index (χ0v) is 10.7. The van der Waals surface area contributed by atoms with Crippen molar-refractivity contribution in [2.75, 3.05) is 19.7 Å². The maximum absolute atomic E-state index is 11.9. The molecule has 96 valence electrons. The Labute approximate surface area is 111 Å². The van der Waals surface area contributed by atoms with Crippen LogP contribution in [0.25, 0.3) is 0 Å². The van der Waals surface area contributed by atoms with Crippen LogP contribution in [0.1, 0.15) is 12.0 Å². The number of amides is 1. The number of rotatable bonds is 2. The lowest BCUT2D eigenvalue weighted by Gasteiger charge is -2.30. The number of benzene rings is 1. The van der Waals surface area contributed by atoms with Gasteiger partial charge in [0.25, 0.3) is 0 Å². The van der Waals surface area contributed by atoms with Crippen molar-refractivity contribution in [3.63, 3.8) is 0 Å². The van der Waals surface area contributed by atoms with Gasteiger partial charge in [0.1, 0.15) is 6.61 Å². The first-order chi connectivity index (χ1) is 8.70. The molecule has 0 aliphatic carbocycles. The van der Waals surface area contributed by atoms with E-state index in [1.54, 1.807) is 0 Å². The molecule has 1 N–H and O–H groups in total. The highest BCUT2D eigenvalue weighted by Crippen LogP contribution is 2.31. The molecule has 5 heteroatoms. The lowest BCUT2D eigenvalue weighted by Crippen LogP contribution is -2.48. The summed E-state index contributed by atoms with van der Waals surface area (Å²) < 4.78 is 5.22. The summed E-state index contributed by atoms with van der Waals surface area (Å²) in [5.74, 6) is 0. The highest BCUT2D eigenvalue weighted by molar-refractivity contribution is 6.30. The van der Waals surface area contributed by atoms with Crippen LogP contribution in [0.5, 0.6) is 0 Å². The SMILES string of the molecule is O=C1OCC2(CCNC2)N1Cc1ccc(Cl)cc1. The largest absolute Gasteiger partial charge is 0.447 e. The first-order valence-electron chi connectivity index (χ1n) is 6.09. The topological polar surface area (TPSA) is 41.6 Å². The van der Waals surface area contributed by atoms with Gasteiger partial charge in [0.2, 0.25) is 0 Å². The molecule has 1 aromatic rings. The molecule has 0 bridgehead atoms. The molecule has 2 aliphatic rings. The molecule has 1 unspecified atom stereocenters. The van der Waals surface area contributed by atoms with E-state index in [1.165, 1.54) is 0 Å². The van der Waals surface area contributed by atoms with Crippen LogP contribution in [-0.4, -0.2) is 36.2 Å². The molecule has 1 spiro atoms. The second-order valence-corrected chi connectivity index (χ2v) is 5.35. The number of carbonyl (C=O) groups is 1. The van der Waals surface area contributed by atoms with E-state index in [1.807, 2.05) is 29.2 Å². The van der Waals surface area contributed by atoms with Crippen molar-refractivity contribution < 1.29 is 9.53 Å². The number of cyclic esters (lactones) is 1. The van der Waals surface area contributed by atoms with Gasteiger partial charge in [0.05, 0.1) is 5.54 Å². The highest BCUT2D eigenvalue weighted by Gasteiger charge is 2.48. The third kappa shape index (κ3) is 1.95. The van der Waals surface area contributed by atoms with Gasteiger partial charge >= 0.3 is 6.09 Å². The van der Waals surface area contributed by atoms with E-state index in [4.69, 9.17) is 16.3 Å². The predicted molar refractivity (Wildman–Crippen MR) is 68.6 cm³/mol. The highest BCUT2D eigenvalue weighted by atomic mass is 35.5. The van der Waals surface area contributed by atoms with Gasteiger partial charge in [-0.1, -0.05) is 23.7 Å². The first-order valence-corrected chi connectivity index (χ1v) is 6.47. The Morgan fingerprint density at radius 1 is 1.39 bits per heavy atom. The number of halogens is 1. The minimum absolute atomic E-state index is 0.156. The minimum Gasteiger partial charge on any atom is -0.447 e. The second kappa shape index (κ2) is 4.44. The van der Waals surface area contributed by atoms with Crippen molar-refractivity contribution >= 4 is 17.7 Å². The molecule has 3 rings (SSSR count). The maximum Gasteiger partial charge on any atom is 0.410 e. The van der Waals surface area contributed by atoms with Crippen molar-refractivity contribution in [1.82, 2.24) is 10.2 Å². The lowest BCUT2D eigenvalue weighted by molar-refractivity contribution is 0.150. The monoisotopic (exact) mass is 266 g/mol. The fraction of sp³-hybridized carbons (Fsp3) is 0.462. The second-order valence-electron chi connectivity index (χ2n) is 4.92. The summed E-state index contributed by atoms with van der Waals surface area (Å²) >= 11 is 5.86. The number of hydrogen-bond donors (Lipinski definition) is 1. The Balaban J connectivity index is 1.81. The molecule has 2 heterocycles. The third-order valence-electron chi connectivity index (χ3n) is 3.73. The molecule has 2 saturated heterocycles. The van der Waals surface area contributed by atoms with Gasteiger partial charge in [-0.3, -0.25) is 4.90 Å². The van der Waals surface area contributed by atoms with Gasteiger partial charge in [0, 0.05) is 18.1 Å². The summed E-state index contributed by atoms with van der Waals surface area (Å²) in [6.45, 7) is 2.82. The Bertz CT molecular complexity index is 455. The number of nitrogens with one attached hydrogen (secondary N) is 1. The Kier molecular flexibility index (Phi) is 2.92. The zero-order valence-electron chi connectivity index (χ0n) is 9.99. The Morgan fingerprint density at radius 2 is 2.17 bits per heavy atom. The number of carbonyl (C=O) groups excluding carboxylic acids is 1. The number of nitrogens with zero attached hydrogens (tertiary/aromatic N) is 1. The average Bonchev–Trinajstić information content (AvgIpc) is 2.95. The van der Waals surface area contributed by atoms with Crippen LogP contribution in [0.4, 0.5) is 4.79 Å². The molecule has 1 aromatic carbocycles. The van der Waals surface area contributed by atoms with E-state index < -0.39 is 0 Å². The van der Waals surface area contributed by atoms with E-state index in [-0.39, 0.29) is 11.6 Å². The van der Waals surface area contributed by atoms with Crippen molar-refractivity contribution in [1.29, 1.82) is 0 Å². The van der Waals surface area contributed by atoms with Crippen LogP contribution in [0.15, 0.2) is 24.3 Å². The van der Waals surface area contributed by atoms with Crippen LogP contribution in [-0.2, 0) is 11.3 Å². The van der Waals surface area contributed by atoms with E-state index >= 15 is 0 Å². The molecule has 2 aliphatic heterocycles. The molecule has 4 nitrogen and oxygen atoms in total. The van der Waals surface area contributed by atoms with Gasteiger partial charge in [-0.2, -0.15) is 0 Å². The Hall–Kier alpha value is -1.26. The average molecular weight is 267 g/mol. The quantitative estimate of drug-likeness (QED) is 0.891. The van der Waals surface area contributed by atoms with Crippen LogP contribution in [0.2, 0.25) is 5.02 Å². The minimum atomic E-state index is -0.214. The van der Waals surface area contributed by atoms with Crippen molar-refractivity contribution in [2.45, 2.75) is 18.5 Å². The fourth-order valence-electron chi connectivity index (χ4n) is 2.63. The summed E-state index contributed by atoms with van der Waals surface area (Å²) in [7, 11) is 0. The van der Waals surface area contributed by atoms with Gasteiger partial charge in [-0.15, -0.1) is 0 Å². The zero-order chi connectivity index (χ0) is 12.6. The van der Waals surface area contributed by atoms with Crippen LogP contribution < -0.4 is 5.32 Å². The first kappa shape index (κ1) is 11.8. The molecule has 1 atom stereocenters. The predicted octanol–water partition coefficient (Wildman–Crippen LogP) is 2.02. The maximum atomic E-state index is 11.9. The van der Waals surface area contributed by atoms with Crippen molar-refractivity contribution in [3.8, 4) is 0 Å². The van der Waals surface area contributed by atoms with Gasteiger partial charge in [-0.05, 0) is 30.7 Å². The molecular formula is C13H15ClN2O2. The molecule has 0 radical (unpaired) electrons. The Morgan fingerprint density at radius 3 is 2.83 bits per heavy atom. The van der Waals surface area contributed by atoms with E-state index in [0.717, 1.165) is 25.1 Å². The fourth-order valence-corrected chi connectivity index (χ4v) is 2.76. The number of hydrogen-bond acceptors (Lipinski definition) is 3. The van der Waals surface area contributed by atoms with Gasteiger partial charge in [0.15, 0.2) is 0 Å². The summed E-state index contributed by atoms with van der Waals surface area (Å²) in [5, 5.41) is 4.01. The molecular weight excluding hydrogens is 252 g/mol.